The monoisotopic (exact) mass is 283 g/mol. The number of aromatic nitrogens is 3. The summed E-state index contributed by atoms with van der Waals surface area (Å²) >= 11 is 0. The average molecular weight is 283 g/mol. The van der Waals surface area contributed by atoms with E-state index < -0.39 is 12.2 Å². The van der Waals surface area contributed by atoms with E-state index in [1.165, 1.54) is 10.9 Å². The Morgan fingerprint density at radius 3 is 3.05 bits per heavy atom. The lowest BCUT2D eigenvalue weighted by Gasteiger charge is -2.14. The van der Waals surface area contributed by atoms with Crippen LogP contribution in [0.4, 0.5) is 10.6 Å². The second-order valence-corrected chi connectivity index (χ2v) is 4.43. The third-order valence-electron chi connectivity index (χ3n) is 2.86. The molecule has 20 heavy (non-hydrogen) atoms. The smallest absolute Gasteiger partial charge is 0.412 e. The van der Waals surface area contributed by atoms with Crippen LogP contribution in [-0.4, -0.2) is 62.8 Å². The van der Waals surface area contributed by atoms with Crippen LogP contribution in [0.3, 0.4) is 0 Å². The number of hydrogen-bond acceptors (Lipinski definition) is 6. The number of anilines is 1. The van der Waals surface area contributed by atoms with E-state index in [9.17, 15) is 14.7 Å². The van der Waals surface area contributed by atoms with Gasteiger partial charge in [-0.15, -0.1) is 5.10 Å². The van der Waals surface area contributed by atoms with Crippen LogP contribution < -0.4 is 5.32 Å². The van der Waals surface area contributed by atoms with Gasteiger partial charge >= 0.3 is 6.09 Å². The maximum atomic E-state index is 11.9. The number of likely N-dealkylation sites (tertiary alicyclic amines) is 1. The van der Waals surface area contributed by atoms with Gasteiger partial charge in [0.15, 0.2) is 5.82 Å². The van der Waals surface area contributed by atoms with E-state index in [4.69, 9.17) is 4.74 Å². The standard InChI is InChI=1S/C11H17N5O4/c1-2-20-11(19)12-9-6-16(14-13-9)7-10(18)15-4-3-8(17)5-15/h6,8,17H,2-5,7H2,1H3,(H,12,19). The summed E-state index contributed by atoms with van der Waals surface area (Å²) in [5, 5.41) is 19.2. The van der Waals surface area contributed by atoms with Crippen molar-refractivity contribution in [1.82, 2.24) is 19.9 Å². The second kappa shape index (κ2) is 6.33. The first-order chi connectivity index (χ1) is 9.58. The molecular formula is C11H17N5O4. The van der Waals surface area contributed by atoms with Crippen LogP contribution in [0.2, 0.25) is 0 Å². The van der Waals surface area contributed by atoms with Crippen molar-refractivity contribution in [1.29, 1.82) is 0 Å². The minimum Gasteiger partial charge on any atom is -0.450 e. The van der Waals surface area contributed by atoms with Crippen molar-refractivity contribution in [3.8, 4) is 0 Å². The molecule has 2 heterocycles. The molecule has 1 aromatic rings. The summed E-state index contributed by atoms with van der Waals surface area (Å²) in [5.41, 5.74) is 0. The third kappa shape index (κ3) is 3.67. The van der Waals surface area contributed by atoms with E-state index in [1.54, 1.807) is 11.8 Å². The minimum absolute atomic E-state index is 0.0181. The van der Waals surface area contributed by atoms with Crippen LogP contribution in [0.5, 0.6) is 0 Å². The molecule has 1 aliphatic heterocycles. The normalized spacial score (nSPS) is 18.1. The number of nitrogens with one attached hydrogen (secondary N) is 1. The largest absolute Gasteiger partial charge is 0.450 e. The SMILES string of the molecule is CCOC(=O)Nc1cn(CC(=O)N2CCC(O)C2)nn1. The van der Waals surface area contributed by atoms with Crippen LogP contribution in [0, 0.1) is 0 Å². The molecule has 110 valence electrons. The van der Waals surface area contributed by atoms with Crippen LogP contribution in [0.25, 0.3) is 0 Å². The zero-order chi connectivity index (χ0) is 14.5. The Balaban J connectivity index is 1.86. The predicted molar refractivity (Wildman–Crippen MR) is 67.9 cm³/mol. The van der Waals surface area contributed by atoms with Gasteiger partial charge in [-0.2, -0.15) is 0 Å². The first-order valence-corrected chi connectivity index (χ1v) is 6.38. The Hall–Kier alpha value is -2.16. The van der Waals surface area contributed by atoms with E-state index in [0.717, 1.165) is 0 Å². The molecule has 0 aliphatic carbocycles. The summed E-state index contributed by atoms with van der Waals surface area (Å²) in [6, 6.07) is 0. The van der Waals surface area contributed by atoms with Gasteiger partial charge in [0, 0.05) is 13.1 Å². The van der Waals surface area contributed by atoms with Crippen LogP contribution in [-0.2, 0) is 16.1 Å². The molecule has 1 saturated heterocycles. The van der Waals surface area contributed by atoms with E-state index in [-0.39, 0.29) is 24.9 Å². The number of rotatable bonds is 4. The van der Waals surface area contributed by atoms with Crippen LogP contribution in [0.15, 0.2) is 6.20 Å². The van der Waals surface area contributed by atoms with Crippen molar-refractivity contribution in [2.45, 2.75) is 26.0 Å². The van der Waals surface area contributed by atoms with Crippen molar-refractivity contribution >= 4 is 17.8 Å². The lowest BCUT2D eigenvalue weighted by molar-refractivity contribution is -0.131. The molecular weight excluding hydrogens is 266 g/mol. The Kier molecular flexibility index (Phi) is 4.51. The maximum absolute atomic E-state index is 11.9. The van der Waals surface area contributed by atoms with E-state index in [1.807, 2.05) is 0 Å². The highest BCUT2D eigenvalue weighted by molar-refractivity contribution is 5.83. The summed E-state index contributed by atoms with van der Waals surface area (Å²) in [7, 11) is 0. The number of aliphatic hydroxyl groups excluding tert-OH is 1. The van der Waals surface area contributed by atoms with Gasteiger partial charge in [0.05, 0.1) is 18.9 Å². The molecule has 2 rings (SSSR count). The van der Waals surface area contributed by atoms with Gasteiger partial charge in [0.25, 0.3) is 0 Å². The van der Waals surface area contributed by atoms with Crippen LogP contribution in [0.1, 0.15) is 13.3 Å². The maximum Gasteiger partial charge on any atom is 0.412 e. The van der Waals surface area contributed by atoms with Crippen molar-refractivity contribution in [2.24, 2.45) is 0 Å². The van der Waals surface area contributed by atoms with Gasteiger partial charge in [0.1, 0.15) is 6.54 Å². The summed E-state index contributed by atoms with van der Waals surface area (Å²) < 4.78 is 6.03. The average Bonchev–Trinajstić information content (AvgIpc) is 2.99. The first kappa shape index (κ1) is 14.3. The van der Waals surface area contributed by atoms with E-state index >= 15 is 0 Å². The highest BCUT2D eigenvalue weighted by Gasteiger charge is 2.24. The predicted octanol–water partition coefficient (Wildman–Crippen LogP) is -0.560. The Labute approximate surface area is 115 Å². The summed E-state index contributed by atoms with van der Waals surface area (Å²) in [5.74, 6) is 0.0758. The zero-order valence-electron chi connectivity index (χ0n) is 11.2. The number of carbonyl (C=O) groups is 2. The molecule has 1 atom stereocenters. The highest BCUT2D eigenvalue weighted by Crippen LogP contribution is 2.09. The lowest BCUT2D eigenvalue weighted by atomic mass is 10.3. The molecule has 1 aliphatic rings. The molecule has 9 nitrogen and oxygen atoms in total. The van der Waals surface area contributed by atoms with E-state index in [0.29, 0.717) is 19.5 Å². The molecule has 0 saturated carbocycles. The van der Waals surface area contributed by atoms with Crippen LogP contribution >= 0.6 is 0 Å². The van der Waals surface area contributed by atoms with Gasteiger partial charge in [-0.3, -0.25) is 10.1 Å². The molecule has 9 heteroatoms. The molecule has 1 aromatic heterocycles. The fraction of sp³-hybridized carbons (Fsp3) is 0.636. The molecule has 2 N–H and O–H groups in total. The Bertz CT molecular complexity index is 489. The van der Waals surface area contributed by atoms with Gasteiger partial charge < -0.3 is 14.7 Å². The minimum atomic E-state index is -0.617. The summed E-state index contributed by atoms with van der Waals surface area (Å²) in [4.78, 5) is 24.7. The zero-order valence-corrected chi connectivity index (χ0v) is 11.2. The van der Waals surface area contributed by atoms with Gasteiger partial charge in [-0.05, 0) is 13.3 Å². The van der Waals surface area contributed by atoms with Gasteiger partial charge in [-0.1, -0.05) is 5.21 Å². The number of hydrogen-bond donors (Lipinski definition) is 2. The summed E-state index contributed by atoms with van der Waals surface area (Å²) in [6.45, 7) is 2.86. The number of amides is 2. The second-order valence-electron chi connectivity index (χ2n) is 4.43. The number of ether oxygens (including phenoxy) is 1. The quantitative estimate of drug-likeness (QED) is 0.766. The number of aliphatic hydroxyl groups is 1. The van der Waals surface area contributed by atoms with Gasteiger partial charge in [0.2, 0.25) is 5.91 Å². The molecule has 1 fully saturated rings. The van der Waals surface area contributed by atoms with E-state index in [2.05, 4.69) is 15.6 Å². The summed E-state index contributed by atoms with van der Waals surface area (Å²) in [6.07, 6.45) is 0.976. The Morgan fingerprint density at radius 2 is 2.40 bits per heavy atom. The molecule has 0 radical (unpaired) electrons. The number of carbonyl (C=O) groups excluding carboxylic acids is 2. The van der Waals surface area contributed by atoms with Crippen molar-refractivity contribution in [2.75, 3.05) is 25.0 Å². The molecule has 1 unspecified atom stereocenters. The molecule has 0 spiro atoms. The third-order valence-corrected chi connectivity index (χ3v) is 2.86. The highest BCUT2D eigenvalue weighted by atomic mass is 16.5. The van der Waals surface area contributed by atoms with Crippen molar-refractivity contribution < 1.29 is 19.4 Å². The van der Waals surface area contributed by atoms with Gasteiger partial charge in [-0.25, -0.2) is 9.48 Å². The fourth-order valence-corrected chi connectivity index (χ4v) is 1.91. The fourth-order valence-electron chi connectivity index (χ4n) is 1.91. The van der Waals surface area contributed by atoms with Crippen molar-refractivity contribution in [3.05, 3.63) is 6.20 Å². The molecule has 2 amide bonds. The van der Waals surface area contributed by atoms with Crippen molar-refractivity contribution in [3.63, 3.8) is 0 Å². The molecule has 0 aromatic carbocycles. The Morgan fingerprint density at radius 1 is 1.60 bits per heavy atom. The lowest BCUT2D eigenvalue weighted by Crippen LogP contribution is -2.32. The number of nitrogens with zero attached hydrogens (tertiary/aromatic N) is 4. The first-order valence-electron chi connectivity index (χ1n) is 6.38. The number of β-amino-alcohol motifs (C(OH)–C–C–N with tert-alkyl or cyclic N) is 1. The molecule has 0 bridgehead atoms. The topological polar surface area (TPSA) is 110 Å².